The molecule has 1 aromatic heterocycles. The molecular weight excluding hydrogens is 325 g/mol. The quantitative estimate of drug-likeness (QED) is 0.869. The van der Waals surface area contributed by atoms with Crippen LogP contribution in [0.2, 0.25) is 0 Å². The van der Waals surface area contributed by atoms with Gasteiger partial charge in [0.2, 0.25) is 0 Å². The minimum Gasteiger partial charge on any atom is -0.448 e. The molecule has 0 saturated heterocycles. The molecule has 0 aliphatic rings. The van der Waals surface area contributed by atoms with Gasteiger partial charge in [0.05, 0.1) is 5.56 Å². The van der Waals surface area contributed by atoms with E-state index < -0.39 is 29.7 Å². The van der Waals surface area contributed by atoms with Crippen molar-refractivity contribution in [3.05, 3.63) is 59.9 Å². The van der Waals surface area contributed by atoms with Gasteiger partial charge in [0.1, 0.15) is 5.69 Å². The van der Waals surface area contributed by atoms with E-state index in [0.717, 1.165) is 24.3 Å². The van der Waals surface area contributed by atoms with Crippen molar-refractivity contribution in [3.8, 4) is 0 Å². The number of ether oxygens (including phenoxy) is 1. The molecule has 5 nitrogen and oxygen atoms in total. The summed E-state index contributed by atoms with van der Waals surface area (Å²) >= 11 is 0. The van der Waals surface area contributed by atoms with Gasteiger partial charge in [-0.3, -0.25) is 4.79 Å². The molecule has 2 aromatic rings. The van der Waals surface area contributed by atoms with Gasteiger partial charge in [0.25, 0.3) is 5.91 Å². The molecule has 1 aromatic carbocycles. The second kappa shape index (κ2) is 7.12. The fourth-order valence-electron chi connectivity index (χ4n) is 1.74. The number of hydrogen-bond acceptors (Lipinski definition) is 4. The normalized spacial score (nSPS) is 12.3. The molecule has 0 unspecified atom stereocenters. The van der Waals surface area contributed by atoms with Gasteiger partial charge in [-0.15, -0.1) is 0 Å². The number of nitrogens with one attached hydrogen (secondary N) is 1. The van der Waals surface area contributed by atoms with E-state index in [4.69, 9.17) is 4.74 Å². The maximum absolute atomic E-state index is 12.5. The number of benzene rings is 1. The monoisotopic (exact) mass is 338 g/mol. The average Bonchev–Trinajstić information content (AvgIpc) is 2.55. The second-order valence-corrected chi connectivity index (χ2v) is 4.83. The summed E-state index contributed by atoms with van der Waals surface area (Å²) in [5, 5.41) is 2.37. The van der Waals surface area contributed by atoms with Crippen LogP contribution in [0.1, 0.15) is 23.0 Å². The number of amides is 1. The Bertz CT molecular complexity index is 716. The minimum atomic E-state index is -4.45. The summed E-state index contributed by atoms with van der Waals surface area (Å²) in [6.45, 7) is 1.35. The molecule has 0 spiro atoms. The first-order valence-electron chi connectivity index (χ1n) is 6.87. The summed E-state index contributed by atoms with van der Waals surface area (Å²) in [7, 11) is 0. The SMILES string of the molecule is C[C@H](OC(=O)c1ccccn1)C(=O)Nc1ccc(C(F)(F)F)cc1. The predicted octanol–water partition coefficient (Wildman–Crippen LogP) is 3.28. The highest BCUT2D eigenvalue weighted by molar-refractivity contribution is 5.96. The van der Waals surface area contributed by atoms with Crippen LogP contribution in [0.25, 0.3) is 0 Å². The first-order chi connectivity index (χ1) is 11.3. The number of aromatic nitrogens is 1. The summed E-state index contributed by atoms with van der Waals surface area (Å²) in [6, 6.07) is 8.58. The first-order valence-corrected chi connectivity index (χ1v) is 6.87. The van der Waals surface area contributed by atoms with Gasteiger partial charge in [-0.1, -0.05) is 6.07 Å². The third kappa shape index (κ3) is 4.55. The molecule has 2 rings (SSSR count). The van der Waals surface area contributed by atoms with Gasteiger partial charge in [-0.2, -0.15) is 13.2 Å². The van der Waals surface area contributed by atoms with Crippen molar-refractivity contribution in [1.29, 1.82) is 0 Å². The van der Waals surface area contributed by atoms with E-state index in [1.165, 1.54) is 19.2 Å². The third-order valence-electron chi connectivity index (χ3n) is 3.01. The fourth-order valence-corrected chi connectivity index (χ4v) is 1.74. The lowest BCUT2D eigenvalue weighted by atomic mass is 10.2. The number of nitrogens with zero attached hydrogens (tertiary/aromatic N) is 1. The number of carbonyl (C=O) groups is 2. The van der Waals surface area contributed by atoms with Crippen molar-refractivity contribution < 1.29 is 27.5 Å². The van der Waals surface area contributed by atoms with E-state index in [0.29, 0.717) is 0 Å². The Morgan fingerprint density at radius 2 is 1.79 bits per heavy atom. The van der Waals surface area contributed by atoms with E-state index in [1.54, 1.807) is 12.1 Å². The standard InChI is InChI=1S/C16H13F3N2O3/c1-10(24-15(23)13-4-2-3-9-20-13)14(22)21-12-7-5-11(6-8-12)16(17,18)19/h2-10H,1H3,(H,21,22)/t10-/m0/s1. The molecule has 126 valence electrons. The average molecular weight is 338 g/mol. The fraction of sp³-hybridized carbons (Fsp3) is 0.188. The first kappa shape index (κ1) is 17.5. The number of halogens is 3. The van der Waals surface area contributed by atoms with Crippen molar-refractivity contribution in [2.75, 3.05) is 5.32 Å². The number of rotatable bonds is 4. The van der Waals surface area contributed by atoms with Gasteiger partial charge in [0.15, 0.2) is 6.10 Å². The molecule has 1 heterocycles. The van der Waals surface area contributed by atoms with E-state index in [1.807, 2.05) is 0 Å². The Hall–Kier alpha value is -2.90. The van der Waals surface area contributed by atoms with E-state index in [2.05, 4.69) is 10.3 Å². The maximum Gasteiger partial charge on any atom is 0.416 e. The number of esters is 1. The molecule has 8 heteroatoms. The Morgan fingerprint density at radius 3 is 2.33 bits per heavy atom. The van der Waals surface area contributed by atoms with Gasteiger partial charge in [-0.05, 0) is 43.3 Å². The number of hydrogen-bond donors (Lipinski definition) is 1. The van der Waals surface area contributed by atoms with Crippen molar-refractivity contribution >= 4 is 17.6 Å². The van der Waals surface area contributed by atoms with Crippen molar-refractivity contribution in [1.82, 2.24) is 4.98 Å². The van der Waals surface area contributed by atoms with Crippen LogP contribution in [0.3, 0.4) is 0 Å². The molecule has 0 radical (unpaired) electrons. The van der Waals surface area contributed by atoms with Crippen LogP contribution in [-0.2, 0) is 15.7 Å². The number of anilines is 1. The van der Waals surface area contributed by atoms with Crippen LogP contribution in [0.15, 0.2) is 48.7 Å². The molecule has 1 atom stereocenters. The van der Waals surface area contributed by atoms with Gasteiger partial charge in [-0.25, -0.2) is 9.78 Å². The molecular formula is C16H13F3N2O3. The Labute approximate surface area is 135 Å². The molecule has 1 N–H and O–H groups in total. The topological polar surface area (TPSA) is 68.3 Å². The highest BCUT2D eigenvalue weighted by Crippen LogP contribution is 2.29. The molecule has 0 aliphatic heterocycles. The molecule has 0 saturated carbocycles. The zero-order valence-corrected chi connectivity index (χ0v) is 12.5. The number of pyridine rings is 1. The number of carbonyl (C=O) groups excluding carboxylic acids is 2. The Kier molecular flexibility index (Phi) is 5.18. The lowest BCUT2D eigenvalue weighted by Gasteiger charge is -2.14. The van der Waals surface area contributed by atoms with Crippen LogP contribution < -0.4 is 5.32 Å². The zero-order chi connectivity index (χ0) is 17.7. The van der Waals surface area contributed by atoms with Crippen LogP contribution in [-0.4, -0.2) is 23.0 Å². The third-order valence-corrected chi connectivity index (χ3v) is 3.01. The van der Waals surface area contributed by atoms with Crippen LogP contribution >= 0.6 is 0 Å². The summed E-state index contributed by atoms with van der Waals surface area (Å²) in [6.07, 6.45) is -4.18. The summed E-state index contributed by atoms with van der Waals surface area (Å²) in [4.78, 5) is 27.5. The molecule has 0 aliphatic carbocycles. The van der Waals surface area contributed by atoms with Crippen molar-refractivity contribution in [3.63, 3.8) is 0 Å². The van der Waals surface area contributed by atoms with Crippen LogP contribution in [0.5, 0.6) is 0 Å². The second-order valence-electron chi connectivity index (χ2n) is 4.83. The number of alkyl halides is 3. The largest absolute Gasteiger partial charge is 0.448 e. The highest BCUT2D eigenvalue weighted by Gasteiger charge is 2.30. The maximum atomic E-state index is 12.5. The van der Waals surface area contributed by atoms with Crippen LogP contribution in [0, 0.1) is 0 Å². The summed E-state index contributed by atoms with van der Waals surface area (Å²) in [5.41, 5.74) is -0.615. The molecule has 0 fully saturated rings. The van der Waals surface area contributed by atoms with Crippen LogP contribution in [0.4, 0.5) is 18.9 Å². The van der Waals surface area contributed by atoms with E-state index in [-0.39, 0.29) is 11.4 Å². The van der Waals surface area contributed by atoms with Gasteiger partial charge < -0.3 is 10.1 Å². The Balaban J connectivity index is 1.95. The Morgan fingerprint density at radius 1 is 1.12 bits per heavy atom. The van der Waals surface area contributed by atoms with E-state index >= 15 is 0 Å². The van der Waals surface area contributed by atoms with Crippen molar-refractivity contribution in [2.45, 2.75) is 19.2 Å². The highest BCUT2D eigenvalue weighted by atomic mass is 19.4. The molecule has 1 amide bonds. The molecule has 0 bridgehead atoms. The predicted molar refractivity (Wildman–Crippen MR) is 79.2 cm³/mol. The summed E-state index contributed by atoms with van der Waals surface area (Å²) in [5.74, 6) is -1.44. The van der Waals surface area contributed by atoms with E-state index in [9.17, 15) is 22.8 Å². The van der Waals surface area contributed by atoms with Crippen molar-refractivity contribution in [2.24, 2.45) is 0 Å². The van der Waals surface area contributed by atoms with Gasteiger partial charge in [0, 0.05) is 11.9 Å². The lowest BCUT2D eigenvalue weighted by Crippen LogP contribution is -2.30. The summed E-state index contributed by atoms with van der Waals surface area (Å²) < 4.78 is 42.3. The minimum absolute atomic E-state index is 0.0479. The lowest BCUT2D eigenvalue weighted by molar-refractivity contribution is -0.137. The zero-order valence-electron chi connectivity index (χ0n) is 12.5. The smallest absolute Gasteiger partial charge is 0.416 e. The molecule has 24 heavy (non-hydrogen) atoms. The van der Waals surface area contributed by atoms with Gasteiger partial charge >= 0.3 is 12.1 Å².